The SMILES string of the molecule is c1cc2cccc3c4cc5c(cc4c(c1)c23)c1cccc2c3cc4c6cccc7c8cc9c(cc8n(c4cc3n5c12)c76)c1cccc2cccc9c21. The number of para-hydroxylation sites is 2. The summed E-state index contributed by atoms with van der Waals surface area (Å²) in [6.45, 7) is 0. The van der Waals surface area contributed by atoms with E-state index in [1.807, 2.05) is 0 Å². The van der Waals surface area contributed by atoms with Crippen molar-refractivity contribution in [1.29, 1.82) is 0 Å². The van der Waals surface area contributed by atoms with Gasteiger partial charge in [0.1, 0.15) is 0 Å². The number of nitrogens with zero attached hydrogens (tertiary/aromatic N) is 2. The van der Waals surface area contributed by atoms with Crippen LogP contribution in [0.2, 0.25) is 0 Å². The second-order valence-electron chi connectivity index (χ2n) is 15.2. The fourth-order valence-electron chi connectivity index (χ4n) is 11.0. The van der Waals surface area contributed by atoms with Crippen molar-refractivity contribution < 1.29 is 0 Å². The van der Waals surface area contributed by atoms with Gasteiger partial charge in [-0.2, -0.15) is 0 Å². The third-order valence-electron chi connectivity index (χ3n) is 13.0. The van der Waals surface area contributed by atoms with Gasteiger partial charge in [-0.15, -0.1) is 0 Å². The van der Waals surface area contributed by atoms with Crippen LogP contribution in [0.1, 0.15) is 0 Å². The van der Waals surface area contributed by atoms with Crippen LogP contribution >= 0.6 is 0 Å². The molecule has 4 heterocycles. The highest BCUT2D eigenvalue weighted by Gasteiger charge is 2.24. The monoisotopic (exact) mass is 652 g/mol. The Morgan fingerprint density at radius 2 is 0.519 bits per heavy atom. The lowest BCUT2D eigenvalue weighted by atomic mass is 10.0. The van der Waals surface area contributed by atoms with Gasteiger partial charge in [-0.05, 0) is 101 Å². The lowest BCUT2D eigenvalue weighted by Crippen LogP contribution is -1.84. The van der Waals surface area contributed by atoms with Gasteiger partial charge in [0.15, 0.2) is 0 Å². The third kappa shape index (κ3) is 2.55. The van der Waals surface area contributed by atoms with Gasteiger partial charge in [0, 0.05) is 43.1 Å². The van der Waals surface area contributed by atoms with Crippen LogP contribution in [0.5, 0.6) is 0 Å². The van der Waals surface area contributed by atoms with Crippen molar-refractivity contribution in [2.45, 2.75) is 0 Å². The maximum atomic E-state index is 2.57. The van der Waals surface area contributed by atoms with E-state index in [0.717, 1.165) is 0 Å². The molecule has 11 aromatic carbocycles. The Bertz CT molecular complexity index is 3810. The number of rotatable bonds is 0. The molecule has 0 aliphatic heterocycles. The van der Waals surface area contributed by atoms with Gasteiger partial charge in [0.25, 0.3) is 0 Å². The molecule has 0 saturated carbocycles. The third-order valence-corrected chi connectivity index (χ3v) is 13.0. The maximum absolute atomic E-state index is 2.57. The largest absolute Gasteiger partial charge is 0.308 e. The molecule has 0 aliphatic carbocycles. The molecular weight excluding hydrogens is 629 g/mol. The zero-order chi connectivity index (χ0) is 33.1. The molecule has 234 valence electrons. The summed E-state index contributed by atoms with van der Waals surface area (Å²) in [6, 6.07) is 55.7. The zero-order valence-corrected chi connectivity index (χ0v) is 27.8. The van der Waals surface area contributed by atoms with Crippen LogP contribution in [0.25, 0.3) is 141 Å². The molecule has 15 aromatic rings. The number of hydrogen-bond acceptors (Lipinski definition) is 0. The zero-order valence-electron chi connectivity index (χ0n) is 27.8. The van der Waals surface area contributed by atoms with E-state index in [2.05, 4.69) is 154 Å². The van der Waals surface area contributed by atoms with Crippen LogP contribution < -0.4 is 0 Å². The Labute approximate surface area is 294 Å². The summed E-state index contributed by atoms with van der Waals surface area (Å²) < 4.78 is 5.14. The molecule has 0 fully saturated rings. The van der Waals surface area contributed by atoms with Gasteiger partial charge in [-0.3, -0.25) is 0 Å². The van der Waals surface area contributed by atoms with Gasteiger partial charge >= 0.3 is 0 Å². The van der Waals surface area contributed by atoms with E-state index in [9.17, 15) is 0 Å². The van der Waals surface area contributed by atoms with Gasteiger partial charge < -0.3 is 8.80 Å². The van der Waals surface area contributed by atoms with Crippen molar-refractivity contribution in [1.82, 2.24) is 8.80 Å². The van der Waals surface area contributed by atoms with Crippen molar-refractivity contribution >= 4 is 141 Å². The second-order valence-corrected chi connectivity index (χ2v) is 15.2. The summed E-state index contributed by atoms with van der Waals surface area (Å²) in [7, 11) is 0. The van der Waals surface area contributed by atoms with E-state index in [0.29, 0.717) is 0 Å². The Hall–Kier alpha value is -6.90. The van der Waals surface area contributed by atoms with Crippen LogP contribution in [0.15, 0.2) is 146 Å². The summed E-state index contributed by atoms with van der Waals surface area (Å²) in [5.74, 6) is 0. The van der Waals surface area contributed by atoms with Crippen LogP contribution in [0.3, 0.4) is 0 Å². The van der Waals surface area contributed by atoms with Crippen molar-refractivity contribution in [3.8, 4) is 0 Å². The fourth-order valence-corrected chi connectivity index (χ4v) is 11.0. The molecule has 0 atom stereocenters. The molecule has 0 saturated heterocycles. The van der Waals surface area contributed by atoms with Crippen LogP contribution in [0, 0.1) is 0 Å². The second kappa shape index (κ2) is 8.01. The molecule has 0 spiro atoms. The van der Waals surface area contributed by atoms with Crippen LogP contribution in [-0.2, 0) is 0 Å². The summed E-state index contributed by atoms with van der Waals surface area (Å²) in [5.41, 5.74) is 7.76. The summed E-state index contributed by atoms with van der Waals surface area (Å²) >= 11 is 0. The lowest BCUT2D eigenvalue weighted by molar-refractivity contribution is 1.35. The number of benzene rings is 9. The van der Waals surface area contributed by atoms with E-state index < -0.39 is 0 Å². The molecule has 2 heteroatoms. The first-order valence-electron chi connectivity index (χ1n) is 18.3. The van der Waals surface area contributed by atoms with Crippen LogP contribution in [-0.4, -0.2) is 8.80 Å². The number of aromatic nitrogens is 2. The first-order valence-corrected chi connectivity index (χ1v) is 18.3. The molecule has 0 bridgehead atoms. The minimum absolute atomic E-state index is 1.27. The van der Waals surface area contributed by atoms with E-state index in [4.69, 9.17) is 0 Å². The lowest BCUT2D eigenvalue weighted by Gasteiger charge is -2.03. The average Bonchev–Trinajstić information content (AvgIpc) is 4.01. The quantitative estimate of drug-likeness (QED) is 0.154. The predicted molar refractivity (Wildman–Crippen MR) is 223 cm³/mol. The van der Waals surface area contributed by atoms with E-state index in [1.165, 1.54) is 141 Å². The summed E-state index contributed by atoms with van der Waals surface area (Å²) in [5, 5.41) is 26.7. The van der Waals surface area contributed by atoms with E-state index in [-0.39, 0.29) is 0 Å². The summed E-state index contributed by atoms with van der Waals surface area (Å²) in [4.78, 5) is 0. The van der Waals surface area contributed by atoms with E-state index >= 15 is 0 Å². The van der Waals surface area contributed by atoms with Gasteiger partial charge in [-0.25, -0.2) is 0 Å². The first-order chi connectivity index (χ1) is 25.8. The fraction of sp³-hybridized carbons (Fsp3) is 0. The molecule has 4 aromatic heterocycles. The molecule has 2 nitrogen and oxygen atoms in total. The average molecular weight is 653 g/mol. The Morgan fingerprint density at radius 3 is 0.904 bits per heavy atom. The van der Waals surface area contributed by atoms with E-state index in [1.54, 1.807) is 0 Å². The van der Waals surface area contributed by atoms with Gasteiger partial charge in [0.05, 0.1) is 33.1 Å². The molecule has 0 unspecified atom stereocenters. The highest BCUT2D eigenvalue weighted by Crippen LogP contribution is 2.48. The number of hydrogen-bond donors (Lipinski definition) is 0. The first kappa shape index (κ1) is 25.1. The predicted octanol–water partition coefficient (Wildman–Crippen LogP) is 13.8. The number of fused-ring (bicyclic) bond motifs is 18. The van der Waals surface area contributed by atoms with Crippen LogP contribution in [0.4, 0.5) is 0 Å². The molecule has 0 radical (unpaired) electrons. The Balaban J connectivity index is 1.15. The van der Waals surface area contributed by atoms with Gasteiger partial charge in [0.2, 0.25) is 0 Å². The molecular formula is C50H24N2. The smallest absolute Gasteiger partial charge is 0.0620 e. The highest BCUT2D eigenvalue weighted by atomic mass is 14.9. The molecule has 0 N–H and O–H groups in total. The van der Waals surface area contributed by atoms with Crippen molar-refractivity contribution in [2.75, 3.05) is 0 Å². The van der Waals surface area contributed by atoms with Crippen molar-refractivity contribution in [3.63, 3.8) is 0 Å². The minimum Gasteiger partial charge on any atom is -0.308 e. The maximum Gasteiger partial charge on any atom is 0.0620 e. The van der Waals surface area contributed by atoms with Crippen molar-refractivity contribution in [3.05, 3.63) is 146 Å². The topological polar surface area (TPSA) is 8.82 Å². The standard InChI is InChI=1S/C50H24N2/c1-7-25-9-3-13-29-37-22-43-39(19-35(37)27(11-1)47(25)29)31-15-5-17-33-41-21-42-34-18-6-16-32-40-20-36-28-12-2-8-26-10-4-14-30(48(26)28)38(36)23-44(40)52(50(32)34)46(42)24-45(41)51(43)49(31)33/h1-24H. The molecule has 0 amide bonds. The summed E-state index contributed by atoms with van der Waals surface area (Å²) in [6.07, 6.45) is 0. The van der Waals surface area contributed by atoms with Gasteiger partial charge in [-0.1, -0.05) is 109 Å². The Morgan fingerprint density at radius 1 is 0.231 bits per heavy atom. The van der Waals surface area contributed by atoms with Crippen molar-refractivity contribution in [2.24, 2.45) is 0 Å². The molecule has 0 aliphatic rings. The highest BCUT2D eigenvalue weighted by molar-refractivity contribution is 6.36. The Kier molecular flexibility index (Phi) is 3.87. The normalized spacial score (nSPS) is 13.4. The minimum atomic E-state index is 1.27. The molecule has 52 heavy (non-hydrogen) atoms. The molecule has 15 rings (SSSR count).